The summed E-state index contributed by atoms with van der Waals surface area (Å²) in [5, 5.41) is 0. The summed E-state index contributed by atoms with van der Waals surface area (Å²) in [5.41, 5.74) is 2.43. The molecule has 0 saturated heterocycles. The van der Waals surface area contributed by atoms with Crippen LogP contribution in [0.15, 0.2) is 51.6 Å². The summed E-state index contributed by atoms with van der Waals surface area (Å²) in [5.74, 6) is 1.14. The smallest absolute Gasteiger partial charge is 0.289 e. The third-order valence-electron chi connectivity index (χ3n) is 3.74. The first-order chi connectivity index (χ1) is 10.7. The van der Waals surface area contributed by atoms with Gasteiger partial charge in [0.1, 0.15) is 5.75 Å². The zero-order chi connectivity index (χ0) is 15.5. The van der Waals surface area contributed by atoms with Crippen LogP contribution in [0.3, 0.4) is 0 Å². The predicted octanol–water partition coefficient (Wildman–Crippen LogP) is 3.98. The third-order valence-corrected chi connectivity index (χ3v) is 4.17. The van der Waals surface area contributed by atoms with Crippen LogP contribution in [0.25, 0.3) is 5.57 Å². The van der Waals surface area contributed by atoms with Crippen LogP contribution in [-0.2, 0) is 0 Å². The van der Waals surface area contributed by atoms with Gasteiger partial charge in [0.25, 0.3) is 5.91 Å². The molecule has 2 heterocycles. The van der Waals surface area contributed by atoms with Gasteiger partial charge in [0.05, 0.1) is 7.11 Å². The maximum atomic E-state index is 12.3. The van der Waals surface area contributed by atoms with Gasteiger partial charge in [0, 0.05) is 13.1 Å². The second-order valence-corrected chi connectivity index (χ2v) is 5.84. The molecule has 3 rings (SSSR count). The number of benzene rings is 1. The molecule has 0 radical (unpaired) electrons. The van der Waals surface area contributed by atoms with E-state index in [0.29, 0.717) is 23.5 Å². The Kier molecular flexibility index (Phi) is 4.34. The molecule has 0 atom stereocenters. The number of nitrogens with zero attached hydrogens (tertiary/aromatic N) is 1. The highest BCUT2D eigenvalue weighted by atomic mass is 79.9. The zero-order valence-electron chi connectivity index (χ0n) is 12.2. The SMILES string of the molecule is COc1ccc(C2=CCN(C(=O)c3ccc(Br)o3)CC2)cc1. The van der Waals surface area contributed by atoms with E-state index in [0.717, 1.165) is 12.2 Å². The molecule has 0 bridgehead atoms. The van der Waals surface area contributed by atoms with Gasteiger partial charge in [-0.2, -0.15) is 0 Å². The lowest BCUT2D eigenvalue weighted by molar-refractivity contribution is 0.0739. The highest BCUT2D eigenvalue weighted by Gasteiger charge is 2.21. The van der Waals surface area contributed by atoms with Crippen molar-refractivity contribution in [2.45, 2.75) is 6.42 Å². The Hall–Kier alpha value is -2.01. The van der Waals surface area contributed by atoms with E-state index >= 15 is 0 Å². The second kappa shape index (κ2) is 6.40. The third kappa shape index (κ3) is 3.09. The largest absolute Gasteiger partial charge is 0.497 e. The van der Waals surface area contributed by atoms with Gasteiger partial charge >= 0.3 is 0 Å². The van der Waals surface area contributed by atoms with Gasteiger partial charge in [0.15, 0.2) is 10.4 Å². The number of hydrogen-bond acceptors (Lipinski definition) is 3. The number of furan rings is 1. The molecule has 1 aliphatic rings. The first-order valence-electron chi connectivity index (χ1n) is 7.05. The summed E-state index contributed by atoms with van der Waals surface area (Å²) < 4.78 is 11.1. The zero-order valence-corrected chi connectivity index (χ0v) is 13.8. The molecular weight excluding hydrogens is 346 g/mol. The van der Waals surface area contributed by atoms with E-state index in [9.17, 15) is 4.79 Å². The summed E-state index contributed by atoms with van der Waals surface area (Å²) in [6.45, 7) is 1.29. The number of ether oxygens (including phenoxy) is 1. The molecule has 4 nitrogen and oxygen atoms in total. The lowest BCUT2D eigenvalue weighted by atomic mass is 9.99. The molecule has 1 amide bonds. The van der Waals surface area contributed by atoms with Crippen LogP contribution in [0.1, 0.15) is 22.5 Å². The standard InChI is InChI=1S/C17H16BrNO3/c1-21-14-4-2-12(3-5-14)13-8-10-19(11-9-13)17(20)15-6-7-16(18)22-15/h2-8H,9-11H2,1H3. The van der Waals surface area contributed by atoms with Crippen LogP contribution in [0.4, 0.5) is 0 Å². The fourth-order valence-electron chi connectivity index (χ4n) is 2.51. The Morgan fingerprint density at radius 2 is 2.00 bits per heavy atom. The fourth-order valence-corrected chi connectivity index (χ4v) is 2.81. The summed E-state index contributed by atoms with van der Waals surface area (Å²) in [6.07, 6.45) is 2.93. The van der Waals surface area contributed by atoms with Crippen molar-refractivity contribution >= 4 is 27.4 Å². The number of hydrogen-bond donors (Lipinski definition) is 0. The van der Waals surface area contributed by atoms with Crippen LogP contribution < -0.4 is 4.74 Å². The van der Waals surface area contributed by atoms with Crippen molar-refractivity contribution in [1.82, 2.24) is 4.90 Å². The molecular formula is C17H16BrNO3. The van der Waals surface area contributed by atoms with Crippen molar-refractivity contribution in [1.29, 1.82) is 0 Å². The summed E-state index contributed by atoms with van der Waals surface area (Å²) in [4.78, 5) is 14.1. The number of methoxy groups -OCH3 is 1. The second-order valence-electron chi connectivity index (χ2n) is 5.06. The van der Waals surface area contributed by atoms with Crippen molar-refractivity contribution in [2.24, 2.45) is 0 Å². The molecule has 114 valence electrons. The van der Waals surface area contributed by atoms with Gasteiger partial charge in [-0.1, -0.05) is 18.2 Å². The minimum atomic E-state index is -0.0734. The van der Waals surface area contributed by atoms with Crippen LogP contribution in [0.2, 0.25) is 0 Å². The van der Waals surface area contributed by atoms with Crippen molar-refractivity contribution in [3.63, 3.8) is 0 Å². The molecule has 0 fully saturated rings. The Bertz CT molecular complexity index is 703. The van der Waals surface area contributed by atoms with Crippen molar-refractivity contribution in [2.75, 3.05) is 20.2 Å². The quantitative estimate of drug-likeness (QED) is 0.830. The molecule has 0 spiro atoms. The van der Waals surface area contributed by atoms with Crippen LogP contribution in [-0.4, -0.2) is 31.0 Å². The summed E-state index contributed by atoms with van der Waals surface area (Å²) >= 11 is 3.22. The van der Waals surface area contributed by atoms with Crippen molar-refractivity contribution in [3.8, 4) is 5.75 Å². The van der Waals surface area contributed by atoms with Crippen LogP contribution in [0.5, 0.6) is 5.75 Å². The molecule has 5 heteroatoms. The molecule has 22 heavy (non-hydrogen) atoms. The molecule has 0 saturated carbocycles. The minimum absolute atomic E-state index is 0.0734. The van der Waals surface area contributed by atoms with Crippen LogP contribution in [0, 0.1) is 0 Å². The molecule has 0 N–H and O–H groups in total. The van der Waals surface area contributed by atoms with E-state index in [1.54, 1.807) is 24.1 Å². The van der Waals surface area contributed by atoms with Crippen molar-refractivity contribution < 1.29 is 13.9 Å². The lowest BCUT2D eigenvalue weighted by Gasteiger charge is -2.26. The highest BCUT2D eigenvalue weighted by Crippen LogP contribution is 2.25. The molecule has 0 aliphatic carbocycles. The highest BCUT2D eigenvalue weighted by molar-refractivity contribution is 9.10. The number of halogens is 1. The van der Waals surface area contributed by atoms with Gasteiger partial charge < -0.3 is 14.1 Å². The number of amides is 1. The number of rotatable bonds is 3. The molecule has 1 aromatic heterocycles. The van der Waals surface area contributed by atoms with Crippen molar-refractivity contribution in [3.05, 3.63) is 58.5 Å². The van der Waals surface area contributed by atoms with E-state index < -0.39 is 0 Å². The molecule has 1 aromatic carbocycles. The minimum Gasteiger partial charge on any atom is -0.497 e. The maximum Gasteiger partial charge on any atom is 0.289 e. The Morgan fingerprint density at radius 3 is 2.55 bits per heavy atom. The number of carbonyl (C=O) groups is 1. The van der Waals surface area contributed by atoms with Gasteiger partial charge in [-0.15, -0.1) is 0 Å². The average molecular weight is 362 g/mol. The van der Waals surface area contributed by atoms with E-state index in [-0.39, 0.29) is 5.91 Å². The predicted molar refractivity (Wildman–Crippen MR) is 87.9 cm³/mol. The van der Waals surface area contributed by atoms with Gasteiger partial charge in [-0.25, -0.2) is 0 Å². The van der Waals surface area contributed by atoms with E-state index in [2.05, 4.69) is 22.0 Å². The average Bonchev–Trinajstić information content (AvgIpc) is 3.01. The lowest BCUT2D eigenvalue weighted by Crippen LogP contribution is -2.34. The van der Waals surface area contributed by atoms with Gasteiger partial charge in [-0.05, 0) is 57.8 Å². The van der Waals surface area contributed by atoms with E-state index in [1.807, 2.05) is 24.3 Å². The molecule has 2 aromatic rings. The topological polar surface area (TPSA) is 42.7 Å². The maximum absolute atomic E-state index is 12.3. The fraction of sp³-hybridized carbons (Fsp3) is 0.235. The summed E-state index contributed by atoms with van der Waals surface area (Å²) in [7, 11) is 1.66. The Labute approximate surface area is 137 Å². The summed E-state index contributed by atoms with van der Waals surface area (Å²) in [6, 6.07) is 11.4. The first kappa shape index (κ1) is 14.9. The van der Waals surface area contributed by atoms with E-state index in [4.69, 9.17) is 9.15 Å². The Balaban J connectivity index is 1.69. The number of carbonyl (C=O) groups excluding carboxylic acids is 1. The Morgan fingerprint density at radius 1 is 1.23 bits per heavy atom. The monoisotopic (exact) mass is 361 g/mol. The van der Waals surface area contributed by atoms with Crippen LogP contribution >= 0.6 is 15.9 Å². The van der Waals surface area contributed by atoms with Gasteiger partial charge in [-0.3, -0.25) is 4.79 Å². The first-order valence-corrected chi connectivity index (χ1v) is 7.85. The van der Waals surface area contributed by atoms with E-state index in [1.165, 1.54) is 11.1 Å². The van der Waals surface area contributed by atoms with Gasteiger partial charge in [0.2, 0.25) is 0 Å². The molecule has 1 aliphatic heterocycles. The molecule has 0 unspecified atom stereocenters. The normalized spacial score (nSPS) is 14.6.